The molecule has 1 aliphatic rings. The highest BCUT2D eigenvalue weighted by Crippen LogP contribution is 2.30. The molecule has 1 aliphatic heterocycles. The normalized spacial score (nSPS) is 13.8. The molecular weight excluding hydrogens is 390 g/mol. The molecular formula is C23H29N7O. The Labute approximate surface area is 183 Å². The average molecular weight is 420 g/mol. The number of aromatic nitrogens is 3. The van der Waals surface area contributed by atoms with Crippen molar-refractivity contribution < 1.29 is 4.74 Å². The molecule has 1 saturated heterocycles. The van der Waals surface area contributed by atoms with Gasteiger partial charge in [0.1, 0.15) is 23.2 Å². The molecule has 3 aromatic rings. The van der Waals surface area contributed by atoms with E-state index in [1.54, 1.807) is 7.11 Å². The fourth-order valence-corrected chi connectivity index (χ4v) is 3.59. The van der Waals surface area contributed by atoms with Crippen LogP contribution in [-0.4, -0.2) is 62.3 Å². The number of ether oxygens (including phenoxy) is 1. The summed E-state index contributed by atoms with van der Waals surface area (Å²) in [5, 5.41) is 3.42. The molecule has 0 bridgehead atoms. The summed E-state index contributed by atoms with van der Waals surface area (Å²) in [5.41, 5.74) is 2.04. The summed E-state index contributed by atoms with van der Waals surface area (Å²) in [6, 6.07) is 14.0. The van der Waals surface area contributed by atoms with Crippen LogP contribution in [0.3, 0.4) is 0 Å². The molecule has 1 aromatic carbocycles. The van der Waals surface area contributed by atoms with Gasteiger partial charge in [-0.3, -0.25) is 0 Å². The fourth-order valence-electron chi connectivity index (χ4n) is 3.59. The van der Waals surface area contributed by atoms with Crippen molar-refractivity contribution in [2.75, 3.05) is 67.4 Å². The molecule has 0 radical (unpaired) electrons. The van der Waals surface area contributed by atoms with E-state index in [1.165, 1.54) is 0 Å². The van der Waals surface area contributed by atoms with Crippen molar-refractivity contribution in [3.63, 3.8) is 0 Å². The summed E-state index contributed by atoms with van der Waals surface area (Å²) in [6.07, 6.45) is 1.84. The minimum Gasteiger partial charge on any atom is -0.495 e. The lowest BCUT2D eigenvalue weighted by molar-refractivity contribution is 0.416. The van der Waals surface area contributed by atoms with Crippen LogP contribution in [0.2, 0.25) is 0 Å². The van der Waals surface area contributed by atoms with Crippen molar-refractivity contribution in [2.24, 2.45) is 0 Å². The molecule has 0 atom stereocenters. The zero-order valence-electron chi connectivity index (χ0n) is 18.5. The second kappa shape index (κ2) is 9.07. The van der Waals surface area contributed by atoms with Crippen LogP contribution in [0.5, 0.6) is 5.75 Å². The number of rotatable bonds is 6. The molecule has 1 fully saturated rings. The predicted octanol–water partition coefficient (Wildman–Crippen LogP) is 3.32. The first-order valence-corrected chi connectivity index (χ1v) is 10.4. The Morgan fingerprint density at radius 1 is 0.968 bits per heavy atom. The van der Waals surface area contributed by atoms with E-state index in [1.807, 2.05) is 55.5 Å². The molecule has 31 heavy (non-hydrogen) atoms. The molecule has 0 spiro atoms. The van der Waals surface area contributed by atoms with E-state index in [0.29, 0.717) is 0 Å². The van der Waals surface area contributed by atoms with Crippen LogP contribution in [0.1, 0.15) is 5.56 Å². The molecule has 162 valence electrons. The maximum absolute atomic E-state index is 5.51. The van der Waals surface area contributed by atoms with Crippen LogP contribution in [-0.2, 0) is 0 Å². The van der Waals surface area contributed by atoms with Gasteiger partial charge in [-0.1, -0.05) is 12.1 Å². The maximum Gasteiger partial charge on any atom is 0.229 e. The number of nitrogens with one attached hydrogen (secondary N) is 1. The molecule has 8 nitrogen and oxygen atoms in total. The third kappa shape index (κ3) is 4.79. The second-order valence-electron chi connectivity index (χ2n) is 7.80. The third-order valence-electron chi connectivity index (χ3n) is 5.31. The number of nitrogens with zero attached hydrogens (tertiary/aromatic N) is 6. The van der Waals surface area contributed by atoms with Gasteiger partial charge < -0.3 is 24.8 Å². The van der Waals surface area contributed by atoms with Crippen molar-refractivity contribution in [2.45, 2.75) is 6.92 Å². The van der Waals surface area contributed by atoms with Gasteiger partial charge in [-0.2, -0.15) is 9.97 Å². The Bertz CT molecular complexity index is 1020. The lowest BCUT2D eigenvalue weighted by Crippen LogP contribution is -2.47. The molecule has 0 saturated carbocycles. The predicted molar refractivity (Wildman–Crippen MR) is 126 cm³/mol. The minimum absolute atomic E-state index is 0.723. The van der Waals surface area contributed by atoms with Crippen LogP contribution in [0.25, 0.3) is 0 Å². The summed E-state index contributed by atoms with van der Waals surface area (Å²) in [7, 11) is 5.65. The van der Waals surface area contributed by atoms with Crippen molar-refractivity contribution in [1.82, 2.24) is 15.0 Å². The summed E-state index contributed by atoms with van der Waals surface area (Å²) < 4.78 is 5.51. The Hall–Kier alpha value is -3.55. The molecule has 2 aromatic heterocycles. The largest absolute Gasteiger partial charge is 0.495 e. The zero-order valence-corrected chi connectivity index (χ0v) is 18.5. The molecule has 0 unspecified atom stereocenters. The lowest BCUT2D eigenvalue weighted by atomic mass is 10.2. The second-order valence-corrected chi connectivity index (χ2v) is 7.80. The number of benzene rings is 1. The zero-order chi connectivity index (χ0) is 21.8. The Kier molecular flexibility index (Phi) is 6.06. The number of hydrogen-bond acceptors (Lipinski definition) is 8. The van der Waals surface area contributed by atoms with E-state index in [9.17, 15) is 0 Å². The Balaban J connectivity index is 1.56. The van der Waals surface area contributed by atoms with E-state index in [2.05, 4.69) is 39.2 Å². The summed E-state index contributed by atoms with van der Waals surface area (Å²) in [4.78, 5) is 20.6. The molecule has 3 heterocycles. The van der Waals surface area contributed by atoms with E-state index < -0.39 is 0 Å². The van der Waals surface area contributed by atoms with Crippen LogP contribution < -0.4 is 24.8 Å². The van der Waals surface area contributed by atoms with E-state index in [0.717, 1.165) is 66.6 Å². The number of hydrogen-bond donors (Lipinski definition) is 1. The van der Waals surface area contributed by atoms with Gasteiger partial charge in [0, 0.05) is 52.5 Å². The van der Waals surface area contributed by atoms with Crippen molar-refractivity contribution in [3.05, 3.63) is 54.2 Å². The summed E-state index contributed by atoms with van der Waals surface area (Å²) in [5.74, 6) is 4.11. The number of aryl methyl sites for hydroxylation is 1. The first-order chi connectivity index (χ1) is 15.0. The third-order valence-corrected chi connectivity index (χ3v) is 5.31. The van der Waals surface area contributed by atoms with Crippen molar-refractivity contribution in [3.8, 4) is 5.75 Å². The Morgan fingerprint density at radius 3 is 2.42 bits per heavy atom. The van der Waals surface area contributed by atoms with Gasteiger partial charge in [-0.05, 0) is 36.8 Å². The summed E-state index contributed by atoms with van der Waals surface area (Å²) >= 11 is 0. The quantitative estimate of drug-likeness (QED) is 0.653. The number of piperazine rings is 1. The number of methoxy groups -OCH3 is 1. The maximum atomic E-state index is 5.51. The Morgan fingerprint density at radius 2 is 1.74 bits per heavy atom. The first-order valence-electron chi connectivity index (χ1n) is 10.4. The van der Waals surface area contributed by atoms with Crippen LogP contribution in [0, 0.1) is 6.92 Å². The average Bonchev–Trinajstić information content (AvgIpc) is 2.80. The van der Waals surface area contributed by atoms with E-state index in [-0.39, 0.29) is 0 Å². The molecule has 4 rings (SSSR count). The minimum atomic E-state index is 0.723. The van der Waals surface area contributed by atoms with Crippen molar-refractivity contribution >= 4 is 29.1 Å². The highest BCUT2D eigenvalue weighted by Gasteiger charge is 2.21. The van der Waals surface area contributed by atoms with Crippen LogP contribution in [0.4, 0.5) is 29.1 Å². The van der Waals surface area contributed by atoms with Crippen molar-refractivity contribution in [1.29, 1.82) is 0 Å². The molecule has 0 amide bonds. The summed E-state index contributed by atoms with van der Waals surface area (Å²) in [6.45, 7) is 5.48. The lowest BCUT2D eigenvalue weighted by Gasteiger charge is -2.35. The van der Waals surface area contributed by atoms with Gasteiger partial charge in [-0.25, -0.2) is 4.98 Å². The van der Waals surface area contributed by atoms with Crippen LogP contribution >= 0.6 is 0 Å². The van der Waals surface area contributed by atoms with E-state index >= 15 is 0 Å². The van der Waals surface area contributed by atoms with Gasteiger partial charge in [-0.15, -0.1) is 0 Å². The fraction of sp³-hybridized carbons (Fsp3) is 0.348. The van der Waals surface area contributed by atoms with Gasteiger partial charge >= 0.3 is 0 Å². The van der Waals surface area contributed by atoms with Gasteiger partial charge in [0.2, 0.25) is 5.95 Å². The standard InChI is InChI=1S/C23H29N7O/c1-17-8-9-19(31-4)18(15-17)25-20-16-22(28(2)3)27-23(26-20)30-13-11-29(12-14-30)21-7-5-6-10-24-21/h5-10,15-16H,11-14H2,1-4H3,(H,25,26,27). The smallest absolute Gasteiger partial charge is 0.229 e. The van der Waals surface area contributed by atoms with Gasteiger partial charge in [0.15, 0.2) is 0 Å². The van der Waals surface area contributed by atoms with Crippen LogP contribution in [0.15, 0.2) is 48.7 Å². The highest BCUT2D eigenvalue weighted by atomic mass is 16.5. The van der Waals surface area contributed by atoms with E-state index in [4.69, 9.17) is 14.7 Å². The molecule has 8 heteroatoms. The monoisotopic (exact) mass is 419 g/mol. The first kappa shape index (κ1) is 20.7. The molecule has 1 N–H and O–H groups in total. The SMILES string of the molecule is COc1ccc(C)cc1Nc1cc(N(C)C)nc(N2CCN(c3ccccn3)CC2)n1. The number of pyridine rings is 1. The number of anilines is 5. The van der Waals surface area contributed by atoms with Gasteiger partial charge in [0.25, 0.3) is 0 Å². The topological polar surface area (TPSA) is 69.7 Å². The van der Waals surface area contributed by atoms with Gasteiger partial charge in [0.05, 0.1) is 12.8 Å². The molecule has 0 aliphatic carbocycles. The highest BCUT2D eigenvalue weighted by molar-refractivity contribution is 5.67.